The van der Waals surface area contributed by atoms with Crippen molar-refractivity contribution in [2.45, 2.75) is 26.4 Å². The van der Waals surface area contributed by atoms with Crippen LogP contribution in [0.5, 0.6) is 0 Å². The number of nitrogens with two attached hydrogens (primary N) is 1. The van der Waals surface area contributed by atoms with Crippen molar-refractivity contribution in [2.24, 2.45) is 5.73 Å². The molecule has 1 aromatic rings. The normalized spacial score (nSPS) is 10.9. The van der Waals surface area contributed by atoms with Gasteiger partial charge in [0.1, 0.15) is 0 Å². The summed E-state index contributed by atoms with van der Waals surface area (Å²) in [5.74, 6) is 0. The van der Waals surface area contributed by atoms with Gasteiger partial charge in [0.15, 0.2) is 4.77 Å². The van der Waals surface area contributed by atoms with Gasteiger partial charge in [0.2, 0.25) is 0 Å². The van der Waals surface area contributed by atoms with Crippen LogP contribution in [-0.2, 0) is 6.54 Å². The first-order valence-corrected chi connectivity index (χ1v) is 4.06. The van der Waals surface area contributed by atoms with Crippen molar-refractivity contribution in [3.63, 3.8) is 0 Å². The Kier molecular flexibility index (Phi) is 2.46. The Balaban J connectivity index is 3.18. The number of H-pyrrole nitrogens is 1. The van der Waals surface area contributed by atoms with Crippen LogP contribution < -0.4 is 5.73 Å². The van der Waals surface area contributed by atoms with Crippen LogP contribution in [0.15, 0.2) is 6.20 Å². The summed E-state index contributed by atoms with van der Waals surface area (Å²) >= 11 is 5.07. The first-order chi connectivity index (χ1) is 5.16. The van der Waals surface area contributed by atoms with Gasteiger partial charge in [0, 0.05) is 18.8 Å². The zero-order valence-corrected chi connectivity index (χ0v) is 7.61. The van der Waals surface area contributed by atoms with Gasteiger partial charge in [0.05, 0.1) is 5.69 Å². The molecule has 11 heavy (non-hydrogen) atoms. The molecule has 62 valence electrons. The predicted octanol–water partition coefficient (Wildman–Crippen LogP) is 1.59. The van der Waals surface area contributed by atoms with Crippen LogP contribution in [0, 0.1) is 4.77 Å². The predicted molar refractivity (Wildman–Crippen MR) is 47.9 cm³/mol. The summed E-state index contributed by atoms with van der Waals surface area (Å²) in [6.07, 6.45) is 1.86. The van der Waals surface area contributed by atoms with Gasteiger partial charge in [0.25, 0.3) is 0 Å². The van der Waals surface area contributed by atoms with Crippen LogP contribution in [0.2, 0.25) is 0 Å². The van der Waals surface area contributed by atoms with Crippen LogP contribution in [-0.4, -0.2) is 9.55 Å². The van der Waals surface area contributed by atoms with Crippen molar-refractivity contribution in [1.82, 2.24) is 9.55 Å². The van der Waals surface area contributed by atoms with Crippen LogP contribution in [0.25, 0.3) is 0 Å². The van der Waals surface area contributed by atoms with Gasteiger partial charge >= 0.3 is 0 Å². The lowest BCUT2D eigenvalue weighted by Crippen LogP contribution is -2.09. The highest BCUT2D eigenvalue weighted by Crippen LogP contribution is 2.09. The Hall–Kier alpha value is -0.610. The molecule has 1 aromatic heterocycles. The molecule has 0 aliphatic heterocycles. The molecule has 0 unspecified atom stereocenters. The highest BCUT2D eigenvalue weighted by atomic mass is 32.1. The highest BCUT2D eigenvalue weighted by molar-refractivity contribution is 7.71. The molecule has 0 aromatic carbocycles. The van der Waals surface area contributed by atoms with Crippen molar-refractivity contribution < 1.29 is 0 Å². The summed E-state index contributed by atoms with van der Waals surface area (Å²) in [4.78, 5) is 2.97. The van der Waals surface area contributed by atoms with Crippen LogP contribution >= 0.6 is 12.2 Å². The van der Waals surface area contributed by atoms with Gasteiger partial charge < -0.3 is 15.3 Å². The lowest BCUT2D eigenvalue weighted by molar-refractivity contribution is 0.567. The molecule has 0 atom stereocenters. The molecule has 0 spiro atoms. The zero-order chi connectivity index (χ0) is 8.43. The molecule has 3 nitrogen and oxygen atoms in total. The number of aromatic nitrogens is 2. The number of hydrogen-bond donors (Lipinski definition) is 2. The summed E-state index contributed by atoms with van der Waals surface area (Å²) in [6.45, 7) is 4.71. The quantitative estimate of drug-likeness (QED) is 0.664. The van der Waals surface area contributed by atoms with Gasteiger partial charge in [-0.05, 0) is 26.1 Å². The SMILES string of the molecule is CC(C)n1c(CN)c[nH]c1=S. The van der Waals surface area contributed by atoms with Crippen molar-refractivity contribution in [3.8, 4) is 0 Å². The monoisotopic (exact) mass is 171 g/mol. The molecule has 0 saturated heterocycles. The maximum absolute atomic E-state index is 5.51. The molecule has 1 heterocycles. The molecule has 0 fully saturated rings. The third-order valence-electron chi connectivity index (χ3n) is 1.62. The molecule has 1 rings (SSSR count). The summed E-state index contributed by atoms with van der Waals surface area (Å²) in [7, 11) is 0. The summed E-state index contributed by atoms with van der Waals surface area (Å²) in [5, 5.41) is 0. The molecule has 0 radical (unpaired) electrons. The Bertz CT molecular complexity index is 284. The Morgan fingerprint density at radius 1 is 1.73 bits per heavy atom. The number of aromatic amines is 1. The second-order valence-corrected chi connectivity index (χ2v) is 3.14. The standard InChI is InChI=1S/C7H13N3S/c1-5(2)10-6(3-8)4-9-7(10)11/h4-5H,3,8H2,1-2H3,(H,9,11). The Morgan fingerprint density at radius 3 is 2.73 bits per heavy atom. The number of nitrogens with one attached hydrogen (secondary N) is 1. The van der Waals surface area contributed by atoms with Gasteiger partial charge in [-0.25, -0.2) is 0 Å². The maximum Gasteiger partial charge on any atom is 0.177 e. The third-order valence-corrected chi connectivity index (χ3v) is 1.93. The van der Waals surface area contributed by atoms with E-state index in [4.69, 9.17) is 18.0 Å². The zero-order valence-electron chi connectivity index (χ0n) is 6.79. The Morgan fingerprint density at radius 2 is 2.36 bits per heavy atom. The van der Waals surface area contributed by atoms with E-state index >= 15 is 0 Å². The van der Waals surface area contributed by atoms with E-state index in [2.05, 4.69) is 18.8 Å². The topological polar surface area (TPSA) is 46.7 Å². The molecule has 0 aliphatic carbocycles. The third kappa shape index (κ3) is 1.52. The molecular formula is C7H13N3S. The molecule has 4 heteroatoms. The van der Waals surface area contributed by atoms with E-state index in [0.29, 0.717) is 12.6 Å². The van der Waals surface area contributed by atoms with Gasteiger partial charge in [-0.2, -0.15) is 0 Å². The molecule has 0 bridgehead atoms. The van der Waals surface area contributed by atoms with E-state index in [0.717, 1.165) is 10.5 Å². The minimum absolute atomic E-state index is 0.382. The van der Waals surface area contributed by atoms with Gasteiger partial charge in [-0.1, -0.05) is 0 Å². The fraction of sp³-hybridized carbons (Fsp3) is 0.571. The van der Waals surface area contributed by atoms with Crippen molar-refractivity contribution in [2.75, 3.05) is 0 Å². The van der Waals surface area contributed by atoms with E-state index in [9.17, 15) is 0 Å². The molecule has 3 N–H and O–H groups in total. The molecule has 0 aliphatic rings. The van der Waals surface area contributed by atoms with Crippen LogP contribution in [0.1, 0.15) is 25.6 Å². The van der Waals surface area contributed by atoms with E-state index in [1.165, 1.54) is 0 Å². The lowest BCUT2D eigenvalue weighted by Gasteiger charge is -2.09. The average Bonchev–Trinajstić information content (AvgIpc) is 2.30. The second kappa shape index (κ2) is 3.19. The number of imidazole rings is 1. The minimum atomic E-state index is 0.382. The lowest BCUT2D eigenvalue weighted by atomic mass is 10.3. The first-order valence-electron chi connectivity index (χ1n) is 3.65. The van der Waals surface area contributed by atoms with Crippen molar-refractivity contribution in [1.29, 1.82) is 0 Å². The molecular weight excluding hydrogens is 158 g/mol. The van der Waals surface area contributed by atoms with Gasteiger partial charge in [-0.15, -0.1) is 0 Å². The molecule has 0 saturated carbocycles. The minimum Gasteiger partial charge on any atom is -0.337 e. The fourth-order valence-electron chi connectivity index (χ4n) is 1.14. The first kappa shape index (κ1) is 8.49. The van der Waals surface area contributed by atoms with Crippen LogP contribution in [0.3, 0.4) is 0 Å². The van der Waals surface area contributed by atoms with E-state index in [-0.39, 0.29) is 0 Å². The van der Waals surface area contributed by atoms with Crippen LogP contribution in [0.4, 0.5) is 0 Å². The van der Waals surface area contributed by atoms with Crippen molar-refractivity contribution >= 4 is 12.2 Å². The summed E-state index contributed by atoms with van der Waals surface area (Å²) in [5.41, 5.74) is 6.57. The largest absolute Gasteiger partial charge is 0.337 e. The Labute approximate surface area is 71.2 Å². The average molecular weight is 171 g/mol. The highest BCUT2D eigenvalue weighted by Gasteiger charge is 2.04. The van der Waals surface area contributed by atoms with E-state index in [1.807, 2.05) is 10.8 Å². The smallest absolute Gasteiger partial charge is 0.177 e. The second-order valence-electron chi connectivity index (χ2n) is 2.75. The van der Waals surface area contributed by atoms with E-state index < -0.39 is 0 Å². The van der Waals surface area contributed by atoms with E-state index in [1.54, 1.807) is 0 Å². The summed E-state index contributed by atoms with van der Waals surface area (Å²) in [6, 6.07) is 0.382. The van der Waals surface area contributed by atoms with Gasteiger partial charge in [-0.3, -0.25) is 0 Å². The molecule has 0 amide bonds. The fourth-order valence-corrected chi connectivity index (χ4v) is 1.52. The van der Waals surface area contributed by atoms with Crippen molar-refractivity contribution in [3.05, 3.63) is 16.7 Å². The number of hydrogen-bond acceptors (Lipinski definition) is 2. The number of nitrogens with zero attached hydrogens (tertiary/aromatic N) is 1. The summed E-state index contributed by atoms with van der Waals surface area (Å²) < 4.78 is 2.77. The number of rotatable bonds is 2. The maximum atomic E-state index is 5.51.